The Labute approximate surface area is 365 Å². The van der Waals surface area contributed by atoms with E-state index in [0.29, 0.717) is 12.8 Å². The van der Waals surface area contributed by atoms with Crippen molar-refractivity contribution in [2.45, 2.75) is 148 Å². The van der Waals surface area contributed by atoms with Gasteiger partial charge in [0.05, 0.1) is 34.4 Å². The second kappa shape index (κ2) is 41.5. The Morgan fingerprint density at radius 2 is 0.967 bits per heavy atom. The number of unbranched alkanes of at least 4 members (excludes halogenated alkanes) is 7. The number of ether oxygens (including phenoxy) is 3. The third-order valence-corrected chi connectivity index (χ3v) is 9.20. The van der Waals surface area contributed by atoms with Crippen molar-refractivity contribution in [3.8, 4) is 0 Å². The average Bonchev–Trinajstić information content (AvgIpc) is 3.21. The van der Waals surface area contributed by atoms with Crippen molar-refractivity contribution in [2.75, 3.05) is 41.0 Å². The van der Waals surface area contributed by atoms with E-state index >= 15 is 0 Å². The number of quaternary nitrogens is 1. The number of likely N-dealkylation sites (N-methyl/N-ethyl adjacent to an activating group) is 1. The number of carboxylic acid groups (broad SMARTS) is 1. The van der Waals surface area contributed by atoms with Gasteiger partial charge in [-0.3, -0.25) is 9.59 Å². The Hall–Kier alpha value is -4.27. The lowest BCUT2D eigenvalue weighted by Gasteiger charge is -2.31. The highest BCUT2D eigenvalue weighted by atomic mass is 16.6. The summed E-state index contributed by atoms with van der Waals surface area (Å²) in [5, 5.41) is 9.63. The molecule has 60 heavy (non-hydrogen) atoms. The second-order valence-corrected chi connectivity index (χ2v) is 15.6. The van der Waals surface area contributed by atoms with Crippen molar-refractivity contribution < 1.29 is 38.2 Å². The second-order valence-electron chi connectivity index (χ2n) is 15.6. The molecule has 0 saturated carbocycles. The molecule has 0 spiro atoms. The van der Waals surface area contributed by atoms with Crippen molar-refractivity contribution in [3.05, 3.63) is 122 Å². The van der Waals surface area contributed by atoms with Crippen molar-refractivity contribution in [1.82, 2.24) is 0 Å². The number of carboxylic acids is 1. The van der Waals surface area contributed by atoms with Crippen LogP contribution in [0, 0.1) is 0 Å². The van der Waals surface area contributed by atoms with Crippen LogP contribution in [0.4, 0.5) is 0 Å². The summed E-state index contributed by atoms with van der Waals surface area (Å²) in [5.41, 5.74) is 0. The first-order chi connectivity index (χ1) is 29.1. The molecule has 8 nitrogen and oxygen atoms in total. The highest BCUT2D eigenvalue weighted by Crippen LogP contribution is 2.12. The van der Waals surface area contributed by atoms with Gasteiger partial charge in [0.2, 0.25) is 0 Å². The van der Waals surface area contributed by atoms with Gasteiger partial charge in [0, 0.05) is 19.3 Å². The molecule has 0 radical (unpaired) electrons. The van der Waals surface area contributed by atoms with E-state index in [2.05, 4.69) is 105 Å². The Kier molecular flexibility index (Phi) is 38.5. The molecule has 2 unspecified atom stereocenters. The van der Waals surface area contributed by atoms with Crippen LogP contribution in [0.1, 0.15) is 136 Å². The lowest BCUT2D eigenvalue weighted by molar-refractivity contribution is -0.887. The standard InChI is InChI=1S/C52H81NO7/c1-6-8-10-12-14-16-18-20-22-23-24-25-26-27-29-30-32-34-36-38-40-42-50(54)59-47-48(46-58-45-44-49(52(56)57)53(3,4)5)60-51(55)43-41-39-37-35-33-31-28-21-19-17-15-13-11-9-7-2/h8-11,13-17,19-22,24-25,27-29,32,34,48-49H,6-7,12,18,23,26,30-31,33,35-47H2,1-5H3/p+1/b10-8+,11-9+,15-13+,16-14+,19-17+,22-20+,25-24+,28-21+,29-27+,34-32+. The first-order valence-corrected chi connectivity index (χ1v) is 22.6. The van der Waals surface area contributed by atoms with Gasteiger partial charge < -0.3 is 23.8 Å². The summed E-state index contributed by atoms with van der Waals surface area (Å²) in [6.45, 7) is 4.38. The third-order valence-electron chi connectivity index (χ3n) is 9.20. The number of esters is 2. The van der Waals surface area contributed by atoms with Crippen LogP contribution in [-0.4, -0.2) is 80.6 Å². The fourth-order valence-corrected chi connectivity index (χ4v) is 5.75. The first kappa shape index (κ1) is 55.7. The van der Waals surface area contributed by atoms with Crippen LogP contribution in [0.3, 0.4) is 0 Å². The molecule has 0 bridgehead atoms. The van der Waals surface area contributed by atoms with Gasteiger partial charge in [-0.05, 0) is 83.5 Å². The molecule has 0 aromatic rings. The van der Waals surface area contributed by atoms with Crippen molar-refractivity contribution in [1.29, 1.82) is 0 Å². The van der Waals surface area contributed by atoms with E-state index in [9.17, 15) is 19.5 Å². The molecule has 0 heterocycles. The molecule has 1 N–H and O–H groups in total. The fourth-order valence-electron chi connectivity index (χ4n) is 5.75. The Morgan fingerprint density at radius 3 is 1.53 bits per heavy atom. The predicted molar refractivity (Wildman–Crippen MR) is 252 cm³/mol. The summed E-state index contributed by atoms with van der Waals surface area (Å²) in [6.07, 6.45) is 58.2. The monoisotopic (exact) mass is 833 g/mol. The van der Waals surface area contributed by atoms with Crippen molar-refractivity contribution in [3.63, 3.8) is 0 Å². The number of allylic oxidation sites excluding steroid dienone is 20. The van der Waals surface area contributed by atoms with Gasteiger partial charge in [0.15, 0.2) is 12.1 Å². The molecule has 0 aliphatic carbocycles. The summed E-state index contributed by atoms with van der Waals surface area (Å²) in [5.74, 6) is -1.58. The SMILES string of the molecule is CC/C=C/C=C/C=C/C=C/CCCCCCCC(=O)OC(COCCC(C(=O)O)[N+](C)(C)C)COC(=O)CCCC/C=C/C/C=C/C/C=C/C/C=C/C/C=C/C/C=C/CC. The molecular formula is C52H82NO7+. The number of hydrogen-bond acceptors (Lipinski definition) is 6. The Morgan fingerprint density at radius 1 is 0.517 bits per heavy atom. The van der Waals surface area contributed by atoms with Gasteiger partial charge in [0.1, 0.15) is 6.61 Å². The van der Waals surface area contributed by atoms with E-state index in [1.807, 2.05) is 51.5 Å². The quantitative estimate of drug-likeness (QED) is 0.0217. The molecular weight excluding hydrogens is 751 g/mol. The smallest absolute Gasteiger partial charge is 0.362 e. The number of nitrogens with zero attached hydrogens (tertiary/aromatic N) is 1. The van der Waals surface area contributed by atoms with E-state index in [1.165, 1.54) is 0 Å². The highest BCUT2D eigenvalue weighted by Gasteiger charge is 2.31. The number of rotatable bonds is 38. The minimum Gasteiger partial charge on any atom is -0.477 e. The van der Waals surface area contributed by atoms with E-state index in [4.69, 9.17) is 14.2 Å². The number of carbonyl (C=O) groups excluding carboxylic acids is 2. The molecule has 0 saturated heterocycles. The van der Waals surface area contributed by atoms with Crippen molar-refractivity contribution >= 4 is 17.9 Å². The Balaban J connectivity index is 4.47. The van der Waals surface area contributed by atoms with E-state index in [0.717, 1.165) is 96.3 Å². The van der Waals surface area contributed by atoms with Crippen LogP contribution < -0.4 is 0 Å². The van der Waals surface area contributed by atoms with Gasteiger partial charge in [-0.25, -0.2) is 4.79 Å². The maximum absolute atomic E-state index is 12.7. The van der Waals surface area contributed by atoms with Crippen LogP contribution in [0.5, 0.6) is 0 Å². The molecule has 0 aromatic heterocycles. The van der Waals surface area contributed by atoms with Crippen LogP contribution in [0.25, 0.3) is 0 Å². The summed E-state index contributed by atoms with van der Waals surface area (Å²) in [7, 11) is 5.49. The normalized spacial score (nSPS) is 14.1. The third kappa shape index (κ3) is 39.2. The molecule has 0 aromatic carbocycles. The molecule has 8 heteroatoms. The van der Waals surface area contributed by atoms with Crippen LogP contribution in [0.15, 0.2) is 122 Å². The molecule has 0 rings (SSSR count). The summed E-state index contributed by atoms with van der Waals surface area (Å²) in [6, 6.07) is -0.634. The zero-order valence-corrected chi connectivity index (χ0v) is 38.1. The van der Waals surface area contributed by atoms with Gasteiger partial charge in [-0.1, -0.05) is 155 Å². The van der Waals surface area contributed by atoms with Crippen LogP contribution in [0.2, 0.25) is 0 Å². The maximum Gasteiger partial charge on any atom is 0.362 e. The topological polar surface area (TPSA) is 99.1 Å². The zero-order chi connectivity index (χ0) is 44.2. The van der Waals surface area contributed by atoms with Crippen LogP contribution >= 0.6 is 0 Å². The fraction of sp³-hybridized carbons (Fsp3) is 0.558. The van der Waals surface area contributed by atoms with E-state index in [-0.39, 0.29) is 49.1 Å². The molecule has 0 fully saturated rings. The van der Waals surface area contributed by atoms with Crippen molar-refractivity contribution in [2.24, 2.45) is 0 Å². The number of aliphatic carboxylic acids is 1. The first-order valence-electron chi connectivity index (χ1n) is 22.6. The average molecular weight is 833 g/mol. The van der Waals surface area contributed by atoms with Crippen LogP contribution in [-0.2, 0) is 28.6 Å². The molecule has 0 amide bonds. The zero-order valence-electron chi connectivity index (χ0n) is 38.1. The highest BCUT2D eigenvalue weighted by molar-refractivity contribution is 5.72. The minimum atomic E-state index is -0.892. The predicted octanol–water partition coefficient (Wildman–Crippen LogP) is 12.6. The lowest BCUT2D eigenvalue weighted by atomic mass is 10.1. The lowest BCUT2D eigenvalue weighted by Crippen LogP contribution is -2.50. The molecule has 336 valence electrons. The van der Waals surface area contributed by atoms with Gasteiger partial charge >= 0.3 is 17.9 Å². The summed E-state index contributed by atoms with van der Waals surface area (Å²) in [4.78, 5) is 37.0. The van der Waals surface area contributed by atoms with Gasteiger partial charge in [-0.2, -0.15) is 0 Å². The molecule has 0 aliphatic rings. The Bertz CT molecular complexity index is 1390. The maximum atomic E-state index is 12.7. The molecule has 0 aliphatic heterocycles. The largest absolute Gasteiger partial charge is 0.477 e. The van der Waals surface area contributed by atoms with Gasteiger partial charge in [0.25, 0.3) is 0 Å². The summed E-state index contributed by atoms with van der Waals surface area (Å²) >= 11 is 0. The number of carbonyl (C=O) groups is 3. The van der Waals surface area contributed by atoms with E-state index < -0.39 is 18.1 Å². The van der Waals surface area contributed by atoms with Gasteiger partial charge in [-0.15, -0.1) is 0 Å². The van der Waals surface area contributed by atoms with E-state index in [1.54, 1.807) is 0 Å². The number of hydrogen-bond donors (Lipinski definition) is 1. The minimum absolute atomic E-state index is 0.0279. The molecule has 2 atom stereocenters. The summed E-state index contributed by atoms with van der Waals surface area (Å²) < 4.78 is 17.2.